The predicted octanol–water partition coefficient (Wildman–Crippen LogP) is 4.73. The van der Waals surface area contributed by atoms with Crippen molar-refractivity contribution in [2.45, 2.75) is 33.1 Å². The Bertz CT molecular complexity index is 620. The van der Waals surface area contributed by atoms with Crippen LogP contribution >= 0.6 is 0 Å². The number of nitrogens with one attached hydrogen (secondary N) is 1. The van der Waals surface area contributed by atoms with Gasteiger partial charge in [0.2, 0.25) is 0 Å². The Kier molecular flexibility index (Phi) is 5.09. The molecule has 2 nitrogen and oxygen atoms in total. The molecule has 1 amide bonds. The van der Waals surface area contributed by atoms with E-state index in [0.717, 1.165) is 24.8 Å². The molecule has 0 saturated heterocycles. The molecule has 110 valence electrons. The summed E-state index contributed by atoms with van der Waals surface area (Å²) in [7, 11) is 0. The zero-order chi connectivity index (χ0) is 15.2. The summed E-state index contributed by atoms with van der Waals surface area (Å²) in [6, 6.07) is 12.1. The first-order valence-electron chi connectivity index (χ1n) is 7.26. The van der Waals surface area contributed by atoms with Gasteiger partial charge in [0.25, 0.3) is 5.91 Å². The first-order chi connectivity index (χ1) is 10.1. The highest BCUT2D eigenvalue weighted by Crippen LogP contribution is 2.17. The van der Waals surface area contributed by atoms with Gasteiger partial charge in [0, 0.05) is 5.56 Å². The topological polar surface area (TPSA) is 29.1 Å². The standard InChI is InChI=1S/C18H20FNO/c1-3-4-5-14-7-9-15(10-8-14)18(21)20-17-12-13(2)6-11-16(17)19/h6-12H,3-5H2,1-2H3,(H,20,21). The van der Waals surface area contributed by atoms with Crippen LogP contribution in [0.5, 0.6) is 0 Å². The van der Waals surface area contributed by atoms with Crippen LogP contribution in [0.1, 0.15) is 41.3 Å². The zero-order valence-electron chi connectivity index (χ0n) is 12.4. The van der Waals surface area contributed by atoms with Crippen molar-refractivity contribution >= 4 is 11.6 Å². The Morgan fingerprint density at radius 1 is 1.14 bits per heavy atom. The van der Waals surface area contributed by atoms with Crippen molar-refractivity contribution < 1.29 is 9.18 Å². The number of amides is 1. The lowest BCUT2D eigenvalue weighted by molar-refractivity contribution is 0.102. The summed E-state index contributed by atoms with van der Waals surface area (Å²) in [4.78, 5) is 12.1. The highest BCUT2D eigenvalue weighted by molar-refractivity contribution is 6.04. The number of benzene rings is 2. The highest BCUT2D eigenvalue weighted by Gasteiger charge is 2.09. The lowest BCUT2D eigenvalue weighted by Gasteiger charge is -2.08. The number of unbranched alkanes of at least 4 members (excludes halogenated alkanes) is 1. The molecule has 2 aromatic carbocycles. The molecule has 2 rings (SSSR count). The van der Waals surface area contributed by atoms with E-state index in [1.807, 2.05) is 19.1 Å². The van der Waals surface area contributed by atoms with E-state index < -0.39 is 5.82 Å². The fraction of sp³-hybridized carbons (Fsp3) is 0.278. The number of halogens is 1. The monoisotopic (exact) mass is 285 g/mol. The average Bonchev–Trinajstić information content (AvgIpc) is 2.49. The highest BCUT2D eigenvalue weighted by atomic mass is 19.1. The first-order valence-corrected chi connectivity index (χ1v) is 7.26. The third kappa shape index (κ3) is 4.15. The van der Waals surface area contributed by atoms with Gasteiger partial charge in [0.1, 0.15) is 5.82 Å². The molecule has 0 aromatic heterocycles. The van der Waals surface area contributed by atoms with E-state index in [0.29, 0.717) is 5.56 Å². The molecule has 0 aliphatic heterocycles. The van der Waals surface area contributed by atoms with Crippen molar-refractivity contribution in [2.75, 3.05) is 5.32 Å². The van der Waals surface area contributed by atoms with Crippen LogP contribution in [0.25, 0.3) is 0 Å². The Labute approximate surface area is 125 Å². The summed E-state index contributed by atoms with van der Waals surface area (Å²) < 4.78 is 13.6. The second-order valence-corrected chi connectivity index (χ2v) is 5.24. The molecule has 0 bridgehead atoms. The molecule has 0 saturated carbocycles. The van der Waals surface area contributed by atoms with Crippen molar-refractivity contribution in [1.29, 1.82) is 0 Å². The largest absolute Gasteiger partial charge is 0.319 e. The SMILES string of the molecule is CCCCc1ccc(C(=O)Nc2cc(C)ccc2F)cc1. The number of carbonyl (C=O) groups is 1. The second kappa shape index (κ2) is 7.02. The van der Waals surface area contributed by atoms with Crippen molar-refractivity contribution in [3.63, 3.8) is 0 Å². The smallest absolute Gasteiger partial charge is 0.255 e. The van der Waals surface area contributed by atoms with E-state index in [4.69, 9.17) is 0 Å². The van der Waals surface area contributed by atoms with Crippen molar-refractivity contribution in [1.82, 2.24) is 0 Å². The summed E-state index contributed by atoms with van der Waals surface area (Å²) >= 11 is 0. The lowest BCUT2D eigenvalue weighted by Crippen LogP contribution is -2.13. The van der Waals surface area contributed by atoms with Gasteiger partial charge in [0.05, 0.1) is 5.69 Å². The molecule has 0 aliphatic rings. The lowest BCUT2D eigenvalue weighted by atomic mass is 10.1. The Hall–Kier alpha value is -2.16. The Balaban J connectivity index is 2.07. The molecule has 0 spiro atoms. The number of hydrogen-bond donors (Lipinski definition) is 1. The molecule has 21 heavy (non-hydrogen) atoms. The molecule has 0 radical (unpaired) electrons. The van der Waals surface area contributed by atoms with Gasteiger partial charge in [-0.05, 0) is 55.2 Å². The average molecular weight is 285 g/mol. The van der Waals surface area contributed by atoms with Gasteiger partial charge < -0.3 is 5.32 Å². The van der Waals surface area contributed by atoms with Crippen molar-refractivity contribution in [3.8, 4) is 0 Å². The Morgan fingerprint density at radius 2 is 1.86 bits per heavy atom. The predicted molar refractivity (Wildman–Crippen MR) is 84.1 cm³/mol. The quantitative estimate of drug-likeness (QED) is 0.845. The summed E-state index contributed by atoms with van der Waals surface area (Å²) in [6.07, 6.45) is 3.31. The maximum absolute atomic E-state index is 13.6. The van der Waals surface area contributed by atoms with Crippen LogP contribution in [0.15, 0.2) is 42.5 Å². The van der Waals surface area contributed by atoms with Crippen molar-refractivity contribution in [2.24, 2.45) is 0 Å². The van der Waals surface area contributed by atoms with Gasteiger partial charge in [-0.15, -0.1) is 0 Å². The van der Waals surface area contributed by atoms with Crippen LogP contribution in [0, 0.1) is 12.7 Å². The van der Waals surface area contributed by atoms with E-state index in [9.17, 15) is 9.18 Å². The normalized spacial score (nSPS) is 10.4. The van der Waals surface area contributed by atoms with Gasteiger partial charge in [-0.3, -0.25) is 4.79 Å². The molecular formula is C18H20FNO. The van der Waals surface area contributed by atoms with Gasteiger partial charge >= 0.3 is 0 Å². The van der Waals surface area contributed by atoms with Crippen LogP contribution < -0.4 is 5.32 Å². The molecule has 0 heterocycles. The maximum Gasteiger partial charge on any atom is 0.255 e. The minimum atomic E-state index is -0.423. The third-order valence-corrected chi connectivity index (χ3v) is 3.41. The van der Waals surface area contributed by atoms with Gasteiger partial charge in [-0.1, -0.05) is 31.5 Å². The third-order valence-electron chi connectivity index (χ3n) is 3.41. The van der Waals surface area contributed by atoms with Gasteiger partial charge in [-0.2, -0.15) is 0 Å². The van der Waals surface area contributed by atoms with E-state index in [-0.39, 0.29) is 11.6 Å². The summed E-state index contributed by atoms with van der Waals surface area (Å²) in [6.45, 7) is 4.01. The number of hydrogen-bond acceptors (Lipinski definition) is 1. The summed E-state index contributed by atoms with van der Waals surface area (Å²) in [5, 5.41) is 2.62. The number of carbonyl (C=O) groups excluding carboxylic acids is 1. The molecule has 0 fully saturated rings. The molecule has 0 aliphatic carbocycles. The van der Waals surface area contributed by atoms with E-state index in [1.54, 1.807) is 24.3 Å². The van der Waals surface area contributed by atoms with Gasteiger partial charge in [0.15, 0.2) is 0 Å². The molecule has 3 heteroatoms. The fourth-order valence-electron chi connectivity index (χ4n) is 2.13. The second-order valence-electron chi connectivity index (χ2n) is 5.24. The van der Waals surface area contributed by atoms with Crippen LogP contribution in [0.2, 0.25) is 0 Å². The van der Waals surface area contributed by atoms with Crippen LogP contribution in [-0.2, 0) is 6.42 Å². The fourth-order valence-corrected chi connectivity index (χ4v) is 2.13. The maximum atomic E-state index is 13.6. The van der Waals surface area contributed by atoms with E-state index in [2.05, 4.69) is 12.2 Å². The first kappa shape index (κ1) is 15.2. The number of rotatable bonds is 5. The molecule has 0 atom stereocenters. The van der Waals surface area contributed by atoms with E-state index in [1.165, 1.54) is 11.6 Å². The van der Waals surface area contributed by atoms with Crippen LogP contribution in [0.3, 0.4) is 0 Å². The van der Waals surface area contributed by atoms with Crippen LogP contribution in [0.4, 0.5) is 10.1 Å². The minimum absolute atomic E-state index is 0.218. The van der Waals surface area contributed by atoms with Crippen LogP contribution in [-0.4, -0.2) is 5.91 Å². The zero-order valence-corrected chi connectivity index (χ0v) is 12.4. The molecule has 1 N–H and O–H groups in total. The van der Waals surface area contributed by atoms with Crippen molar-refractivity contribution in [3.05, 3.63) is 65.0 Å². The number of aryl methyl sites for hydroxylation is 2. The molecule has 0 unspecified atom stereocenters. The van der Waals surface area contributed by atoms with E-state index >= 15 is 0 Å². The minimum Gasteiger partial charge on any atom is -0.319 e. The molecular weight excluding hydrogens is 265 g/mol. The molecule has 2 aromatic rings. The van der Waals surface area contributed by atoms with Gasteiger partial charge in [-0.25, -0.2) is 4.39 Å². The summed E-state index contributed by atoms with van der Waals surface area (Å²) in [5.41, 5.74) is 2.88. The number of anilines is 1. The summed E-state index contributed by atoms with van der Waals surface area (Å²) in [5.74, 6) is -0.713. The Morgan fingerprint density at radius 3 is 2.52 bits per heavy atom.